The second-order valence-corrected chi connectivity index (χ2v) is 9.65. The lowest BCUT2D eigenvalue weighted by molar-refractivity contribution is -0.114. The van der Waals surface area contributed by atoms with Gasteiger partial charge in [0, 0.05) is 12.6 Å². The summed E-state index contributed by atoms with van der Waals surface area (Å²) in [5.74, 6) is 0.384. The Bertz CT molecular complexity index is 1270. The van der Waals surface area contributed by atoms with Gasteiger partial charge in [-0.25, -0.2) is 9.37 Å². The smallest absolute Gasteiger partial charge is 0.221 e. The van der Waals surface area contributed by atoms with Crippen molar-refractivity contribution in [3.63, 3.8) is 0 Å². The van der Waals surface area contributed by atoms with Crippen molar-refractivity contribution in [1.29, 1.82) is 0 Å². The number of amides is 1. The molecule has 3 aromatic rings. The van der Waals surface area contributed by atoms with Crippen molar-refractivity contribution >= 4 is 22.6 Å². The fraction of sp³-hybridized carbons (Fsp3) is 0.500. The zero-order valence-electron chi connectivity index (χ0n) is 22.3. The number of hydrogen-bond acceptors (Lipinski definition) is 6. The van der Waals surface area contributed by atoms with Gasteiger partial charge in [0.15, 0.2) is 11.6 Å². The maximum atomic E-state index is 16.3. The first kappa shape index (κ1) is 26.7. The molecule has 1 aliphatic heterocycles. The fourth-order valence-corrected chi connectivity index (χ4v) is 4.42. The summed E-state index contributed by atoms with van der Waals surface area (Å²) in [4.78, 5) is 16.5. The molecule has 200 valence electrons. The number of nitrogens with zero attached hydrogens (tertiary/aromatic N) is 2. The van der Waals surface area contributed by atoms with Gasteiger partial charge in [-0.05, 0) is 44.0 Å². The van der Waals surface area contributed by atoms with E-state index in [1.807, 2.05) is 30.5 Å². The minimum atomic E-state index is -0.550. The van der Waals surface area contributed by atoms with E-state index in [0.717, 1.165) is 31.2 Å². The quantitative estimate of drug-likeness (QED) is 0.303. The minimum Gasteiger partial charge on any atom is -0.493 e. The highest BCUT2D eigenvalue weighted by Crippen LogP contribution is 2.46. The van der Waals surface area contributed by atoms with Gasteiger partial charge in [0.2, 0.25) is 17.4 Å². The van der Waals surface area contributed by atoms with Crippen LogP contribution >= 0.6 is 0 Å². The Morgan fingerprint density at radius 2 is 1.81 bits per heavy atom. The standard InChI is InChI=1S/C28H36FN3O5/c1-6-8-12-36-25-23(34-5)15-20(24(29)26(25)37-13-9-7-2)27-31-21-11-10-19(30-18(3)33)14-22(21)32(27)28(4)16-35-17-28/h10-11,14-15H,6-9,12-13,16-17H2,1-5H3,(H,30,33). The van der Waals surface area contributed by atoms with E-state index in [0.29, 0.717) is 49.2 Å². The number of carbonyl (C=O) groups is 1. The second-order valence-electron chi connectivity index (χ2n) is 9.65. The number of benzene rings is 2. The number of carbonyl (C=O) groups excluding carboxylic acids is 1. The third-order valence-electron chi connectivity index (χ3n) is 6.43. The first-order chi connectivity index (χ1) is 17.8. The number of unbranched alkanes of at least 4 members (excludes halogenated alkanes) is 2. The van der Waals surface area contributed by atoms with Crippen LogP contribution in [0.2, 0.25) is 0 Å². The molecule has 2 aromatic carbocycles. The van der Waals surface area contributed by atoms with E-state index in [1.165, 1.54) is 14.0 Å². The summed E-state index contributed by atoms with van der Waals surface area (Å²) in [6, 6.07) is 7.08. The third-order valence-corrected chi connectivity index (χ3v) is 6.43. The van der Waals surface area contributed by atoms with Crippen molar-refractivity contribution in [3.05, 3.63) is 30.1 Å². The first-order valence-corrected chi connectivity index (χ1v) is 12.9. The molecule has 8 nitrogen and oxygen atoms in total. The van der Waals surface area contributed by atoms with Crippen molar-refractivity contribution in [2.24, 2.45) is 0 Å². The van der Waals surface area contributed by atoms with Crippen molar-refractivity contribution in [3.8, 4) is 28.6 Å². The molecular weight excluding hydrogens is 477 g/mol. The van der Waals surface area contributed by atoms with Crippen LogP contribution in [0, 0.1) is 5.82 Å². The number of fused-ring (bicyclic) bond motifs is 1. The van der Waals surface area contributed by atoms with Gasteiger partial charge in [0.1, 0.15) is 5.82 Å². The van der Waals surface area contributed by atoms with Crippen LogP contribution in [0.25, 0.3) is 22.4 Å². The topological polar surface area (TPSA) is 83.8 Å². The molecule has 1 saturated heterocycles. The number of aromatic nitrogens is 2. The summed E-state index contributed by atoms with van der Waals surface area (Å²) < 4.78 is 41.5. The summed E-state index contributed by atoms with van der Waals surface area (Å²) in [6.45, 7) is 9.30. The Balaban J connectivity index is 1.92. The molecule has 37 heavy (non-hydrogen) atoms. The molecule has 1 N–H and O–H groups in total. The van der Waals surface area contributed by atoms with Gasteiger partial charge in [0.25, 0.3) is 0 Å². The van der Waals surface area contributed by atoms with Gasteiger partial charge in [-0.2, -0.15) is 0 Å². The predicted octanol–water partition coefficient (Wildman–Crippen LogP) is 5.91. The Morgan fingerprint density at radius 1 is 1.14 bits per heavy atom. The minimum absolute atomic E-state index is 0.0338. The average molecular weight is 514 g/mol. The monoisotopic (exact) mass is 513 g/mol. The van der Waals surface area contributed by atoms with Crippen LogP contribution in [-0.4, -0.2) is 49.0 Å². The van der Waals surface area contributed by atoms with Crippen LogP contribution in [0.5, 0.6) is 17.2 Å². The van der Waals surface area contributed by atoms with Gasteiger partial charge >= 0.3 is 0 Å². The van der Waals surface area contributed by atoms with Crippen LogP contribution < -0.4 is 19.5 Å². The van der Waals surface area contributed by atoms with Crippen molar-refractivity contribution in [2.45, 2.75) is 58.9 Å². The molecule has 0 radical (unpaired) electrons. The van der Waals surface area contributed by atoms with E-state index in [2.05, 4.69) is 12.2 Å². The largest absolute Gasteiger partial charge is 0.493 e. The number of anilines is 1. The van der Waals surface area contributed by atoms with Gasteiger partial charge in [-0.3, -0.25) is 4.79 Å². The molecule has 2 heterocycles. The highest BCUT2D eigenvalue weighted by molar-refractivity contribution is 5.92. The number of hydrogen-bond donors (Lipinski definition) is 1. The Labute approximate surface area is 217 Å². The van der Waals surface area contributed by atoms with E-state index in [1.54, 1.807) is 12.1 Å². The third kappa shape index (κ3) is 5.37. The number of halogens is 1. The summed E-state index contributed by atoms with van der Waals surface area (Å²) in [5.41, 5.74) is 1.88. The van der Waals surface area contributed by atoms with Gasteiger partial charge in [0.05, 0.1) is 55.7 Å². The summed E-state index contributed by atoms with van der Waals surface area (Å²) in [7, 11) is 1.53. The van der Waals surface area contributed by atoms with E-state index in [9.17, 15) is 4.79 Å². The van der Waals surface area contributed by atoms with Gasteiger partial charge in [-0.1, -0.05) is 26.7 Å². The Morgan fingerprint density at radius 3 is 2.38 bits per heavy atom. The molecule has 1 aliphatic rings. The highest BCUT2D eigenvalue weighted by atomic mass is 19.1. The second kappa shape index (κ2) is 11.4. The number of imidazole rings is 1. The van der Waals surface area contributed by atoms with E-state index >= 15 is 4.39 Å². The zero-order chi connectivity index (χ0) is 26.6. The van der Waals surface area contributed by atoms with Crippen LogP contribution in [0.3, 0.4) is 0 Å². The zero-order valence-corrected chi connectivity index (χ0v) is 22.3. The lowest BCUT2D eigenvalue weighted by Gasteiger charge is -2.41. The Kier molecular flexibility index (Phi) is 8.22. The molecule has 0 aliphatic carbocycles. The van der Waals surface area contributed by atoms with Crippen LogP contribution in [-0.2, 0) is 15.1 Å². The molecule has 0 bridgehead atoms. The number of ether oxygens (including phenoxy) is 4. The van der Waals surface area contributed by atoms with E-state index in [-0.39, 0.29) is 23.0 Å². The number of rotatable bonds is 12. The lowest BCUT2D eigenvalue weighted by Crippen LogP contribution is -2.49. The average Bonchev–Trinajstić information content (AvgIpc) is 3.23. The van der Waals surface area contributed by atoms with Crippen molar-refractivity contribution < 1.29 is 28.1 Å². The molecular formula is C28H36FN3O5. The number of nitrogens with one attached hydrogen (secondary N) is 1. The van der Waals surface area contributed by atoms with Gasteiger partial charge < -0.3 is 28.8 Å². The van der Waals surface area contributed by atoms with Crippen LogP contribution in [0.15, 0.2) is 24.3 Å². The molecule has 1 fully saturated rings. The predicted molar refractivity (Wildman–Crippen MR) is 141 cm³/mol. The lowest BCUT2D eigenvalue weighted by atomic mass is 9.98. The maximum absolute atomic E-state index is 16.3. The summed E-state index contributed by atoms with van der Waals surface area (Å²) >= 11 is 0. The highest BCUT2D eigenvalue weighted by Gasteiger charge is 2.40. The molecule has 0 unspecified atom stereocenters. The maximum Gasteiger partial charge on any atom is 0.221 e. The fourth-order valence-electron chi connectivity index (χ4n) is 4.42. The molecule has 1 amide bonds. The van der Waals surface area contributed by atoms with Gasteiger partial charge in [-0.15, -0.1) is 0 Å². The first-order valence-electron chi connectivity index (χ1n) is 12.9. The number of methoxy groups -OCH3 is 1. The summed E-state index contributed by atoms with van der Waals surface area (Å²) in [6.07, 6.45) is 3.46. The van der Waals surface area contributed by atoms with Crippen LogP contribution in [0.4, 0.5) is 10.1 Å². The normalized spacial score (nSPS) is 14.3. The molecule has 0 atom stereocenters. The molecule has 0 spiro atoms. The summed E-state index contributed by atoms with van der Waals surface area (Å²) in [5, 5.41) is 2.82. The Hall–Kier alpha value is -3.33. The SMILES string of the molecule is CCCCOc1c(OC)cc(-c2nc3ccc(NC(C)=O)cc3n2C2(C)COC2)c(F)c1OCCCC. The van der Waals surface area contributed by atoms with Crippen molar-refractivity contribution in [1.82, 2.24) is 9.55 Å². The van der Waals surface area contributed by atoms with Crippen LogP contribution in [0.1, 0.15) is 53.4 Å². The molecule has 4 rings (SSSR count). The molecule has 9 heteroatoms. The van der Waals surface area contributed by atoms with E-state index in [4.69, 9.17) is 23.9 Å². The van der Waals surface area contributed by atoms with E-state index < -0.39 is 11.4 Å². The van der Waals surface area contributed by atoms with Crippen molar-refractivity contribution in [2.75, 3.05) is 38.9 Å². The molecule has 0 saturated carbocycles. The molecule has 1 aromatic heterocycles.